The van der Waals surface area contributed by atoms with Gasteiger partial charge in [0.05, 0.1) is 15.7 Å². The van der Waals surface area contributed by atoms with E-state index in [0.29, 0.717) is 5.69 Å². The van der Waals surface area contributed by atoms with Gasteiger partial charge in [-0.25, -0.2) is 0 Å². The average Bonchev–Trinajstić information content (AvgIpc) is 2.82. The normalized spacial score (nSPS) is 16.4. The summed E-state index contributed by atoms with van der Waals surface area (Å²) in [5.41, 5.74) is 3.04. The molecule has 0 radical (unpaired) electrons. The van der Waals surface area contributed by atoms with E-state index in [1.807, 2.05) is 31.5 Å². The van der Waals surface area contributed by atoms with Gasteiger partial charge in [0.25, 0.3) is 11.8 Å². The molecule has 1 aromatic carbocycles. The number of carbonyl (C=O) groups excluding carboxylic acids is 2. The Morgan fingerprint density at radius 3 is 2.50 bits per heavy atom. The smallest absolute Gasteiger partial charge is 0.270 e. The molecule has 5 nitrogen and oxygen atoms in total. The van der Waals surface area contributed by atoms with Crippen LogP contribution in [0.25, 0.3) is 6.08 Å². The largest absolute Gasteiger partial charge is 0.352 e. The van der Waals surface area contributed by atoms with Gasteiger partial charge in [-0.3, -0.25) is 19.8 Å². The molecule has 0 unspecified atom stereocenters. The third-order valence-corrected chi connectivity index (χ3v) is 5.48. The number of hydrogen-bond donors (Lipinski definition) is 1. The van der Waals surface area contributed by atoms with E-state index in [1.54, 1.807) is 24.3 Å². The van der Waals surface area contributed by atoms with Crippen molar-refractivity contribution >= 4 is 64.1 Å². The summed E-state index contributed by atoms with van der Waals surface area (Å²) in [6.45, 7) is 3.87. The Bertz CT molecular complexity index is 995. The van der Waals surface area contributed by atoms with Crippen LogP contribution in [0.2, 0.25) is 10.0 Å². The van der Waals surface area contributed by atoms with Gasteiger partial charge in [-0.05, 0) is 55.9 Å². The molecule has 0 aliphatic carbocycles. The van der Waals surface area contributed by atoms with Crippen LogP contribution in [0.5, 0.6) is 0 Å². The van der Waals surface area contributed by atoms with E-state index in [1.165, 1.54) is 4.90 Å². The van der Waals surface area contributed by atoms with Crippen LogP contribution in [0, 0.1) is 13.8 Å². The highest BCUT2D eigenvalue weighted by Crippen LogP contribution is 2.34. The van der Waals surface area contributed by atoms with E-state index in [2.05, 4.69) is 5.32 Å². The van der Waals surface area contributed by atoms with Crippen molar-refractivity contribution in [1.82, 2.24) is 9.88 Å². The summed E-state index contributed by atoms with van der Waals surface area (Å²) in [5, 5.41) is 2.97. The number of benzene rings is 1. The summed E-state index contributed by atoms with van der Waals surface area (Å²) >= 11 is 17.5. The van der Waals surface area contributed by atoms with Crippen molar-refractivity contribution in [3.8, 4) is 0 Å². The predicted octanol–water partition coefficient (Wildman–Crippen LogP) is 3.78. The Morgan fingerprint density at radius 1 is 1.19 bits per heavy atom. The highest BCUT2D eigenvalue weighted by Gasteiger charge is 2.35. The molecule has 1 aliphatic rings. The lowest BCUT2D eigenvalue weighted by Crippen LogP contribution is -2.54. The number of hydrogen-bond acceptors (Lipinski definition) is 3. The lowest BCUT2D eigenvalue weighted by Gasteiger charge is -2.29. The molecule has 1 fully saturated rings. The number of nitrogens with zero attached hydrogens (tertiary/aromatic N) is 2. The van der Waals surface area contributed by atoms with Crippen molar-refractivity contribution in [2.24, 2.45) is 7.05 Å². The first-order valence-electron chi connectivity index (χ1n) is 7.70. The molecule has 1 saturated heterocycles. The fourth-order valence-corrected chi connectivity index (χ4v) is 3.38. The maximum Gasteiger partial charge on any atom is 0.270 e. The number of rotatable bonds is 2. The maximum absolute atomic E-state index is 13.0. The standard InChI is InChI=1S/C18H15Cl2N3O2S/c1-9-7-11(10(2)22(9)3)8-12-16(24)21-18(26)23(17(12)25)14-6-4-5-13(19)15(14)20/h4-8H,1-3H3,(H,21,24,26)/b12-8+. The van der Waals surface area contributed by atoms with Crippen LogP contribution in [0.15, 0.2) is 29.8 Å². The molecule has 2 heterocycles. The lowest BCUT2D eigenvalue weighted by atomic mass is 10.1. The minimum absolute atomic E-state index is 0.0247. The number of halogens is 2. The van der Waals surface area contributed by atoms with Crippen molar-refractivity contribution in [3.63, 3.8) is 0 Å². The summed E-state index contributed by atoms with van der Waals surface area (Å²) in [5.74, 6) is -1.10. The Hall–Kier alpha value is -2.15. The zero-order valence-corrected chi connectivity index (χ0v) is 16.6. The minimum Gasteiger partial charge on any atom is -0.352 e. The van der Waals surface area contributed by atoms with Gasteiger partial charge in [0.2, 0.25) is 0 Å². The third kappa shape index (κ3) is 3.05. The van der Waals surface area contributed by atoms with E-state index in [-0.39, 0.29) is 20.7 Å². The minimum atomic E-state index is -0.552. The number of aromatic nitrogens is 1. The van der Waals surface area contributed by atoms with Crippen LogP contribution in [-0.4, -0.2) is 21.5 Å². The fourth-order valence-electron chi connectivity index (χ4n) is 2.73. The van der Waals surface area contributed by atoms with Crippen LogP contribution in [-0.2, 0) is 16.6 Å². The zero-order chi connectivity index (χ0) is 19.2. The molecule has 3 rings (SSSR count). The molecule has 0 saturated carbocycles. The molecule has 2 amide bonds. The quantitative estimate of drug-likeness (QED) is 0.468. The molecule has 0 atom stereocenters. The second kappa shape index (κ2) is 6.87. The molecule has 0 bridgehead atoms. The summed E-state index contributed by atoms with van der Waals surface area (Å²) in [7, 11) is 1.92. The molecule has 26 heavy (non-hydrogen) atoms. The topological polar surface area (TPSA) is 54.3 Å². The molecule has 8 heteroatoms. The molecule has 1 aromatic heterocycles. The third-order valence-electron chi connectivity index (χ3n) is 4.39. The second-order valence-corrected chi connectivity index (χ2v) is 7.09. The first-order chi connectivity index (χ1) is 12.2. The summed E-state index contributed by atoms with van der Waals surface area (Å²) in [4.78, 5) is 26.6. The Morgan fingerprint density at radius 2 is 1.88 bits per heavy atom. The van der Waals surface area contributed by atoms with Gasteiger partial charge in [0, 0.05) is 18.4 Å². The van der Waals surface area contributed by atoms with Crippen LogP contribution in [0.1, 0.15) is 17.0 Å². The highest BCUT2D eigenvalue weighted by molar-refractivity contribution is 7.80. The van der Waals surface area contributed by atoms with Crippen LogP contribution in [0.3, 0.4) is 0 Å². The monoisotopic (exact) mass is 407 g/mol. The van der Waals surface area contributed by atoms with Crippen molar-refractivity contribution < 1.29 is 9.59 Å². The summed E-state index contributed by atoms with van der Waals surface area (Å²) in [6.07, 6.45) is 1.56. The SMILES string of the molecule is Cc1cc(/C=C2\C(=O)NC(=S)N(c3cccc(Cl)c3Cl)C2=O)c(C)n1C. The molecule has 1 aliphatic heterocycles. The van der Waals surface area contributed by atoms with Crippen molar-refractivity contribution in [3.05, 3.63) is 56.8 Å². The Kier molecular flexibility index (Phi) is 4.92. The average molecular weight is 408 g/mol. The van der Waals surface area contributed by atoms with E-state index in [4.69, 9.17) is 35.4 Å². The van der Waals surface area contributed by atoms with Crippen LogP contribution < -0.4 is 10.2 Å². The molecule has 2 aromatic rings. The molecule has 134 valence electrons. The fraction of sp³-hybridized carbons (Fsp3) is 0.167. The Balaban J connectivity index is 2.10. The van der Waals surface area contributed by atoms with Crippen LogP contribution >= 0.6 is 35.4 Å². The van der Waals surface area contributed by atoms with Crippen molar-refractivity contribution in [2.45, 2.75) is 13.8 Å². The lowest BCUT2D eigenvalue weighted by molar-refractivity contribution is -0.122. The van der Waals surface area contributed by atoms with Gasteiger partial charge < -0.3 is 4.57 Å². The number of amides is 2. The van der Waals surface area contributed by atoms with Gasteiger partial charge in [0.15, 0.2) is 5.11 Å². The highest BCUT2D eigenvalue weighted by atomic mass is 35.5. The molecular weight excluding hydrogens is 393 g/mol. The van der Waals surface area contributed by atoms with Gasteiger partial charge in [0.1, 0.15) is 5.57 Å². The van der Waals surface area contributed by atoms with E-state index in [0.717, 1.165) is 17.0 Å². The molecule has 1 N–H and O–H groups in total. The van der Waals surface area contributed by atoms with Gasteiger partial charge >= 0.3 is 0 Å². The molecular formula is C18H15Cl2N3O2S. The van der Waals surface area contributed by atoms with E-state index < -0.39 is 11.8 Å². The van der Waals surface area contributed by atoms with E-state index in [9.17, 15) is 9.59 Å². The van der Waals surface area contributed by atoms with Crippen LogP contribution in [0.4, 0.5) is 5.69 Å². The number of thiocarbonyl (C=S) groups is 1. The Labute approximate surface area is 166 Å². The first kappa shape index (κ1) is 18.6. The summed E-state index contributed by atoms with van der Waals surface area (Å²) < 4.78 is 1.98. The first-order valence-corrected chi connectivity index (χ1v) is 8.87. The number of anilines is 1. The zero-order valence-electron chi connectivity index (χ0n) is 14.3. The van der Waals surface area contributed by atoms with Crippen molar-refractivity contribution in [1.29, 1.82) is 0 Å². The van der Waals surface area contributed by atoms with E-state index >= 15 is 0 Å². The molecule has 0 spiro atoms. The second-order valence-electron chi connectivity index (χ2n) is 5.92. The van der Waals surface area contributed by atoms with Gasteiger partial charge in [-0.2, -0.15) is 0 Å². The predicted molar refractivity (Wildman–Crippen MR) is 108 cm³/mol. The number of carbonyl (C=O) groups is 2. The number of nitrogens with one attached hydrogen (secondary N) is 1. The summed E-state index contributed by atoms with van der Waals surface area (Å²) in [6, 6.07) is 6.79. The maximum atomic E-state index is 13.0. The van der Waals surface area contributed by atoms with Gasteiger partial charge in [-0.15, -0.1) is 0 Å². The number of aryl methyl sites for hydroxylation is 1. The van der Waals surface area contributed by atoms with Crippen molar-refractivity contribution in [2.75, 3.05) is 4.90 Å². The van der Waals surface area contributed by atoms with Gasteiger partial charge in [-0.1, -0.05) is 29.3 Å².